The predicted octanol–water partition coefficient (Wildman–Crippen LogP) is 6.12. The first-order valence-corrected chi connectivity index (χ1v) is 13.8. The number of imidazole rings is 1. The van der Waals surface area contributed by atoms with E-state index in [0.717, 1.165) is 40.6 Å². The quantitative estimate of drug-likeness (QED) is 0.177. The standard InChI is InChI=1S/C31H31IN4O2/c1-34(16-17-38-2)31(37)30-21-35(20-29(30)28-9-5-7-24-6-3-4-8-27(24)28)19-26-18-33-22-36(26)15-14-23-10-12-25(32)13-11-23/h3-13,18,20-22H,14-17,19H2,1-2H3. The zero-order valence-corrected chi connectivity index (χ0v) is 23.8. The Labute approximate surface area is 237 Å². The van der Waals surface area contributed by atoms with Gasteiger partial charge in [-0.05, 0) is 63.0 Å². The molecule has 7 heteroatoms. The summed E-state index contributed by atoms with van der Waals surface area (Å²) in [4.78, 5) is 19.7. The van der Waals surface area contributed by atoms with Gasteiger partial charge in [0.25, 0.3) is 5.91 Å². The van der Waals surface area contributed by atoms with Crippen LogP contribution in [0, 0.1) is 3.57 Å². The highest BCUT2D eigenvalue weighted by molar-refractivity contribution is 14.1. The Hall–Kier alpha value is -3.43. The number of carbonyl (C=O) groups excluding carboxylic acids is 1. The van der Waals surface area contributed by atoms with Crippen molar-refractivity contribution in [1.29, 1.82) is 0 Å². The number of aryl methyl sites for hydroxylation is 2. The van der Waals surface area contributed by atoms with E-state index in [1.54, 1.807) is 12.0 Å². The van der Waals surface area contributed by atoms with Crippen molar-refractivity contribution in [2.45, 2.75) is 19.5 Å². The number of hydrogen-bond acceptors (Lipinski definition) is 3. The van der Waals surface area contributed by atoms with Crippen LogP contribution in [-0.4, -0.2) is 52.2 Å². The molecule has 38 heavy (non-hydrogen) atoms. The lowest BCUT2D eigenvalue weighted by molar-refractivity contribution is 0.0745. The van der Waals surface area contributed by atoms with Crippen LogP contribution in [0.2, 0.25) is 0 Å². The van der Waals surface area contributed by atoms with E-state index in [-0.39, 0.29) is 5.91 Å². The molecule has 6 nitrogen and oxygen atoms in total. The van der Waals surface area contributed by atoms with Gasteiger partial charge in [0.05, 0.1) is 30.7 Å². The van der Waals surface area contributed by atoms with E-state index < -0.39 is 0 Å². The van der Waals surface area contributed by atoms with Crippen molar-refractivity contribution in [2.75, 3.05) is 27.3 Å². The highest BCUT2D eigenvalue weighted by Crippen LogP contribution is 2.32. The number of amides is 1. The number of methoxy groups -OCH3 is 1. The number of fused-ring (bicyclic) bond motifs is 1. The molecule has 194 valence electrons. The summed E-state index contributed by atoms with van der Waals surface area (Å²) in [5.74, 6) is -0.0176. The van der Waals surface area contributed by atoms with E-state index in [4.69, 9.17) is 4.74 Å². The highest BCUT2D eigenvalue weighted by atomic mass is 127. The maximum absolute atomic E-state index is 13.6. The van der Waals surface area contributed by atoms with Gasteiger partial charge >= 0.3 is 0 Å². The Morgan fingerprint density at radius 1 is 1.00 bits per heavy atom. The molecule has 0 saturated heterocycles. The number of hydrogen-bond donors (Lipinski definition) is 0. The first-order valence-electron chi connectivity index (χ1n) is 12.7. The van der Waals surface area contributed by atoms with E-state index in [1.807, 2.05) is 37.9 Å². The molecule has 2 heterocycles. The zero-order chi connectivity index (χ0) is 26.5. The smallest absolute Gasteiger partial charge is 0.255 e. The highest BCUT2D eigenvalue weighted by Gasteiger charge is 2.21. The SMILES string of the molecule is COCCN(C)C(=O)c1cn(Cc2cncn2CCc2ccc(I)cc2)cc1-c1cccc2ccccc12. The lowest BCUT2D eigenvalue weighted by atomic mass is 9.97. The van der Waals surface area contributed by atoms with E-state index >= 15 is 0 Å². The topological polar surface area (TPSA) is 52.3 Å². The summed E-state index contributed by atoms with van der Waals surface area (Å²) in [6, 6.07) is 23.2. The minimum Gasteiger partial charge on any atom is -0.383 e. The van der Waals surface area contributed by atoms with Crippen molar-refractivity contribution in [3.8, 4) is 11.1 Å². The van der Waals surface area contributed by atoms with Gasteiger partial charge in [-0.15, -0.1) is 0 Å². The molecule has 3 aromatic carbocycles. The summed E-state index contributed by atoms with van der Waals surface area (Å²) in [7, 11) is 3.48. The van der Waals surface area contributed by atoms with Crippen LogP contribution in [0.25, 0.3) is 21.9 Å². The molecule has 0 saturated carbocycles. The first kappa shape index (κ1) is 26.2. The van der Waals surface area contributed by atoms with Gasteiger partial charge in [0.15, 0.2) is 0 Å². The molecule has 0 fully saturated rings. The number of carbonyl (C=O) groups is 1. The van der Waals surface area contributed by atoms with Gasteiger partial charge in [-0.3, -0.25) is 4.79 Å². The number of aromatic nitrogens is 3. The molecule has 0 aliphatic carbocycles. The number of likely N-dealkylation sites (N-methyl/N-ethyl adjacent to an activating group) is 1. The van der Waals surface area contributed by atoms with Crippen LogP contribution in [0.3, 0.4) is 0 Å². The number of halogens is 1. The Balaban J connectivity index is 1.46. The van der Waals surface area contributed by atoms with Gasteiger partial charge in [-0.2, -0.15) is 0 Å². The third kappa shape index (κ3) is 5.84. The molecule has 0 N–H and O–H groups in total. The molecule has 0 unspecified atom stereocenters. The lowest BCUT2D eigenvalue weighted by Crippen LogP contribution is -2.30. The maximum atomic E-state index is 13.6. The van der Waals surface area contributed by atoms with Crippen molar-refractivity contribution in [3.05, 3.63) is 112 Å². The largest absolute Gasteiger partial charge is 0.383 e. The number of rotatable bonds is 10. The summed E-state index contributed by atoms with van der Waals surface area (Å²) in [5, 5.41) is 2.28. The molecule has 0 bridgehead atoms. The van der Waals surface area contributed by atoms with Gasteiger partial charge < -0.3 is 18.8 Å². The van der Waals surface area contributed by atoms with Crippen LogP contribution in [0.15, 0.2) is 91.6 Å². The van der Waals surface area contributed by atoms with Gasteiger partial charge in [0.2, 0.25) is 0 Å². The van der Waals surface area contributed by atoms with Crippen LogP contribution in [0.4, 0.5) is 0 Å². The van der Waals surface area contributed by atoms with E-state index in [1.165, 1.54) is 9.13 Å². The average Bonchev–Trinajstić information content (AvgIpc) is 3.57. The number of ether oxygens (including phenoxy) is 1. The van der Waals surface area contributed by atoms with Crippen molar-refractivity contribution < 1.29 is 9.53 Å². The normalized spacial score (nSPS) is 11.2. The fourth-order valence-corrected chi connectivity index (χ4v) is 5.11. The monoisotopic (exact) mass is 618 g/mol. The molecule has 1 amide bonds. The van der Waals surface area contributed by atoms with E-state index in [2.05, 4.69) is 97.5 Å². The fourth-order valence-electron chi connectivity index (χ4n) is 4.75. The summed E-state index contributed by atoms with van der Waals surface area (Å²) in [6.45, 7) is 2.49. The van der Waals surface area contributed by atoms with Crippen molar-refractivity contribution in [3.63, 3.8) is 0 Å². The summed E-state index contributed by atoms with van der Waals surface area (Å²) in [5.41, 5.74) is 5.07. The fraction of sp³-hybridized carbons (Fsp3) is 0.226. The molecule has 0 aliphatic rings. The second-order valence-electron chi connectivity index (χ2n) is 9.46. The van der Waals surface area contributed by atoms with Gasteiger partial charge in [0.1, 0.15) is 0 Å². The predicted molar refractivity (Wildman–Crippen MR) is 160 cm³/mol. The molecule has 0 radical (unpaired) electrons. The average molecular weight is 619 g/mol. The van der Waals surface area contributed by atoms with Crippen LogP contribution < -0.4 is 0 Å². The molecule has 0 spiro atoms. The van der Waals surface area contributed by atoms with Gasteiger partial charge in [0, 0.05) is 55.0 Å². The lowest BCUT2D eigenvalue weighted by Gasteiger charge is -2.17. The minimum absolute atomic E-state index is 0.0176. The van der Waals surface area contributed by atoms with Crippen molar-refractivity contribution in [1.82, 2.24) is 19.0 Å². The van der Waals surface area contributed by atoms with Gasteiger partial charge in [-0.25, -0.2) is 4.98 Å². The van der Waals surface area contributed by atoms with Gasteiger partial charge in [-0.1, -0.05) is 54.6 Å². The summed E-state index contributed by atoms with van der Waals surface area (Å²) >= 11 is 2.33. The summed E-state index contributed by atoms with van der Waals surface area (Å²) < 4.78 is 10.7. The first-order chi connectivity index (χ1) is 18.5. The number of nitrogens with zero attached hydrogens (tertiary/aromatic N) is 4. The van der Waals surface area contributed by atoms with Crippen molar-refractivity contribution >= 4 is 39.3 Å². The molecule has 5 aromatic rings. The Kier molecular flexibility index (Phi) is 8.24. The third-order valence-electron chi connectivity index (χ3n) is 6.87. The van der Waals surface area contributed by atoms with Crippen LogP contribution in [0.1, 0.15) is 21.6 Å². The molecule has 5 rings (SSSR count). The van der Waals surface area contributed by atoms with Crippen molar-refractivity contribution in [2.24, 2.45) is 0 Å². The Morgan fingerprint density at radius 3 is 2.61 bits per heavy atom. The van der Waals surface area contributed by atoms with Crippen LogP contribution in [-0.2, 0) is 24.2 Å². The Morgan fingerprint density at radius 2 is 1.79 bits per heavy atom. The van der Waals surface area contributed by atoms with E-state index in [0.29, 0.717) is 25.3 Å². The summed E-state index contributed by atoms with van der Waals surface area (Å²) in [6.07, 6.45) is 8.80. The molecular formula is C31H31IN4O2. The minimum atomic E-state index is -0.0176. The molecular weight excluding hydrogens is 587 g/mol. The van der Waals surface area contributed by atoms with E-state index in [9.17, 15) is 4.79 Å². The second kappa shape index (κ2) is 12.0. The second-order valence-corrected chi connectivity index (χ2v) is 10.7. The van der Waals surface area contributed by atoms with Crippen LogP contribution >= 0.6 is 22.6 Å². The maximum Gasteiger partial charge on any atom is 0.255 e. The number of benzene rings is 3. The molecule has 0 aliphatic heterocycles. The van der Waals surface area contributed by atoms with Crippen LogP contribution in [0.5, 0.6) is 0 Å². The third-order valence-corrected chi connectivity index (χ3v) is 7.58. The molecule has 0 atom stereocenters. The Bertz CT molecular complexity index is 1530. The zero-order valence-electron chi connectivity index (χ0n) is 21.7. The molecule has 2 aromatic heterocycles.